The summed E-state index contributed by atoms with van der Waals surface area (Å²) < 4.78 is 10.5. The summed E-state index contributed by atoms with van der Waals surface area (Å²) in [5, 5.41) is 0. The molecule has 0 bridgehead atoms. The van der Waals surface area contributed by atoms with Crippen LogP contribution in [0.4, 0.5) is 0 Å². The predicted octanol–water partition coefficient (Wildman–Crippen LogP) is 4.60. The van der Waals surface area contributed by atoms with Gasteiger partial charge in [-0.3, -0.25) is 0 Å². The van der Waals surface area contributed by atoms with Crippen LogP contribution in [0.3, 0.4) is 0 Å². The Kier molecular flexibility index (Phi) is 8.06. The number of hydrogen-bond donors (Lipinski definition) is 0. The van der Waals surface area contributed by atoms with Crippen LogP contribution in [0.1, 0.15) is 52.0 Å². The summed E-state index contributed by atoms with van der Waals surface area (Å²) >= 11 is 0. The third-order valence-electron chi connectivity index (χ3n) is 4.07. The Morgan fingerprint density at radius 1 is 1.04 bits per heavy atom. The number of ether oxygens (including phenoxy) is 2. The van der Waals surface area contributed by atoms with Crippen molar-refractivity contribution in [2.75, 3.05) is 6.61 Å². The number of unbranched alkanes of at least 4 members (excludes halogenated alkanes) is 3. The molecule has 1 aromatic carbocycles. The molecule has 0 saturated carbocycles. The average Bonchev–Trinajstić information content (AvgIpc) is 2.66. The molecule has 1 aromatic heterocycles. The van der Waals surface area contributed by atoms with Gasteiger partial charge < -0.3 is 9.47 Å². The van der Waals surface area contributed by atoms with Crippen LogP contribution < -0.4 is 4.74 Å². The first-order valence-corrected chi connectivity index (χ1v) is 9.38. The number of carbonyl (C=O) groups is 1. The summed E-state index contributed by atoms with van der Waals surface area (Å²) in [6, 6.07) is 7.41. The van der Waals surface area contributed by atoms with Gasteiger partial charge in [0, 0.05) is 18.0 Å². The lowest BCUT2D eigenvalue weighted by molar-refractivity contribution is -0.150. The van der Waals surface area contributed by atoms with Crippen molar-refractivity contribution >= 4 is 5.97 Å². The topological polar surface area (TPSA) is 61.3 Å². The number of carbonyl (C=O) groups excluding carboxylic acids is 1. The zero-order chi connectivity index (χ0) is 18.8. The van der Waals surface area contributed by atoms with E-state index in [2.05, 4.69) is 16.9 Å². The normalized spacial score (nSPS) is 11.8. The fourth-order valence-corrected chi connectivity index (χ4v) is 2.58. The molecule has 5 nitrogen and oxygen atoms in total. The molecule has 26 heavy (non-hydrogen) atoms. The van der Waals surface area contributed by atoms with E-state index in [0.29, 0.717) is 18.2 Å². The highest BCUT2D eigenvalue weighted by molar-refractivity contribution is 5.74. The van der Waals surface area contributed by atoms with Gasteiger partial charge in [-0.1, -0.05) is 26.2 Å². The summed E-state index contributed by atoms with van der Waals surface area (Å²) in [6.07, 6.45) is 9.16. The number of benzene rings is 1. The molecule has 2 aromatic rings. The summed E-state index contributed by atoms with van der Waals surface area (Å²) in [6.45, 7) is 6.01. The van der Waals surface area contributed by atoms with E-state index < -0.39 is 6.10 Å². The number of rotatable bonds is 10. The summed E-state index contributed by atoms with van der Waals surface area (Å²) in [5.41, 5.74) is 2.09. The van der Waals surface area contributed by atoms with E-state index in [-0.39, 0.29) is 5.97 Å². The van der Waals surface area contributed by atoms with Crippen molar-refractivity contribution in [2.45, 2.75) is 59.0 Å². The van der Waals surface area contributed by atoms with Gasteiger partial charge in [-0.25, -0.2) is 14.8 Å². The van der Waals surface area contributed by atoms with Crippen LogP contribution in [0.15, 0.2) is 36.7 Å². The van der Waals surface area contributed by atoms with E-state index in [9.17, 15) is 4.79 Å². The van der Waals surface area contributed by atoms with E-state index in [0.717, 1.165) is 12.0 Å². The molecule has 0 radical (unpaired) electrons. The molecule has 140 valence electrons. The van der Waals surface area contributed by atoms with Gasteiger partial charge >= 0.3 is 5.97 Å². The van der Waals surface area contributed by atoms with E-state index >= 15 is 0 Å². The monoisotopic (exact) mass is 356 g/mol. The maximum atomic E-state index is 11.6. The van der Waals surface area contributed by atoms with E-state index in [1.54, 1.807) is 13.8 Å². The van der Waals surface area contributed by atoms with Crippen molar-refractivity contribution < 1.29 is 14.3 Å². The fourth-order valence-electron chi connectivity index (χ4n) is 2.58. The molecule has 1 atom stereocenters. The third kappa shape index (κ3) is 6.14. The van der Waals surface area contributed by atoms with Gasteiger partial charge in [0.25, 0.3) is 0 Å². The van der Waals surface area contributed by atoms with Crippen LogP contribution in [-0.2, 0) is 16.0 Å². The van der Waals surface area contributed by atoms with Gasteiger partial charge in [0.05, 0.1) is 6.61 Å². The highest BCUT2D eigenvalue weighted by Gasteiger charge is 2.15. The Bertz CT molecular complexity index is 669. The van der Waals surface area contributed by atoms with Gasteiger partial charge in [0.15, 0.2) is 11.9 Å². The number of aromatic nitrogens is 2. The smallest absolute Gasteiger partial charge is 0.347 e. The number of hydrogen-bond acceptors (Lipinski definition) is 5. The Morgan fingerprint density at radius 2 is 1.73 bits per heavy atom. The minimum atomic E-state index is -0.635. The number of esters is 1. The first-order chi connectivity index (χ1) is 12.6. The Labute approximate surface area is 155 Å². The first kappa shape index (κ1) is 19.9. The second kappa shape index (κ2) is 10.5. The third-order valence-corrected chi connectivity index (χ3v) is 4.07. The van der Waals surface area contributed by atoms with Crippen molar-refractivity contribution in [1.82, 2.24) is 9.97 Å². The minimum Gasteiger partial charge on any atom is -0.479 e. The van der Waals surface area contributed by atoms with E-state index in [1.807, 2.05) is 36.7 Å². The SMILES string of the molecule is CCCCCCc1cnc(-c2ccc(OC(C)C(=O)OCC)cc2)nc1. The standard InChI is InChI=1S/C21H28N2O3/c1-4-6-7-8-9-17-14-22-20(23-15-17)18-10-12-19(13-11-18)26-16(3)21(24)25-5-2/h10-16H,4-9H2,1-3H3. The molecular weight excluding hydrogens is 328 g/mol. The fraction of sp³-hybridized carbons (Fsp3) is 0.476. The zero-order valence-electron chi connectivity index (χ0n) is 15.9. The molecule has 0 saturated heterocycles. The molecule has 0 aliphatic carbocycles. The van der Waals surface area contributed by atoms with E-state index in [4.69, 9.17) is 9.47 Å². The molecule has 5 heteroatoms. The van der Waals surface area contributed by atoms with Crippen molar-refractivity contribution in [3.63, 3.8) is 0 Å². The largest absolute Gasteiger partial charge is 0.479 e. The quantitative estimate of drug-likeness (QED) is 0.460. The van der Waals surface area contributed by atoms with Crippen LogP contribution in [0, 0.1) is 0 Å². The molecule has 0 N–H and O–H groups in total. The summed E-state index contributed by atoms with van der Waals surface area (Å²) in [4.78, 5) is 20.5. The molecule has 1 unspecified atom stereocenters. The van der Waals surface area contributed by atoms with Crippen LogP contribution in [0.2, 0.25) is 0 Å². The number of aryl methyl sites for hydroxylation is 1. The van der Waals surface area contributed by atoms with Gasteiger partial charge in [0.1, 0.15) is 5.75 Å². The van der Waals surface area contributed by atoms with Crippen LogP contribution in [0.25, 0.3) is 11.4 Å². The Hall–Kier alpha value is -2.43. The van der Waals surface area contributed by atoms with Gasteiger partial charge in [0.2, 0.25) is 0 Å². The van der Waals surface area contributed by atoms with E-state index in [1.165, 1.54) is 31.2 Å². The molecule has 0 aliphatic heterocycles. The Balaban J connectivity index is 1.92. The lowest BCUT2D eigenvalue weighted by Gasteiger charge is -2.13. The van der Waals surface area contributed by atoms with Gasteiger partial charge in [-0.05, 0) is 56.5 Å². The second-order valence-corrected chi connectivity index (χ2v) is 6.26. The zero-order valence-corrected chi connectivity index (χ0v) is 15.9. The highest BCUT2D eigenvalue weighted by atomic mass is 16.6. The molecular formula is C21H28N2O3. The average molecular weight is 356 g/mol. The van der Waals surface area contributed by atoms with Crippen molar-refractivity contribution in [1.29, 1.82) is 0 Å². The summed E-state index contributed by atoms with van der Waals surface area (Å²) in [7, 11) is 0. The predicted molar refractivity (Wildman–Crippen MR) is 102 cm³/mol. The van der Waals surface area contributed by atoms with Crippen molar-refractivity contribution in [2.24, 2.45) is 0 Å². The molecule has 0 fully saturated rings. The maximum absolute atomic E-state index is 11.6. The molecule has 2 rings (SSSR count). The maximum Gasteiger partial charge on any atom is 0.347 e. The lowest BCUT2D eigenvalue weighted by Crippen LogP contribution is -2.25. The van der Waals surface area contributed by atoms with Gasteiger partial charge in [-0.2, -0.15) is 0 Å². The Morgan fingerprint density at radius 3 is 2.35 bits per heavy atom. The second-order valence-electron chi connectivity index (χ2n) is 6.26. The van der Waals surface area contributed by atoms with Crippen LogP contribution in [-0.4, -0.2) is 28.6 Å². The minimum absolute atomic E-state index is 0.345. The highest BCUT2D eigenvalue weighted by Crippen LogP contribution is 2.20. The molecule has 0 spiro atoms. The molecule has 0 aliphatic rings. The molecule has 1 heterocycles. The first-order valence-electron chi connectivity index (χ1n) is 9.38. The van der Waals surface area contributed by atoms with Crippen molar-refractivity contribution in [3.8, 4) is 17.1 Å². The van der Waals surface area contributed by atoms with Crippen molar-refractivity contribution in [3.05, 3.63) is 42.2 Å². The van der Waals surface area contributed by atoms with Crippen LogP contribution >= 0.6 is 0 Å². The van der Waals surface area contributed by atoms with Crippen LogP contribution in [0.5, 0.6) is 5.75 Å². The van der Waals surface area contributed by atoms with Gasteiger partial charge in [-0.15, -0.1) is 0 Å². The molecule has 0 amide bonds. The summed E-state index contributed by atoms with van der Waals surface area (Å²) in [5.74, 6) is 0.934. The lowest BCUT2D eigenvalue weighted by atomic mass is 10.1. The number of nitrogens with zero attached hydrogens (tertiary/aromatic N) is 2.